The third-order valence-electron chi connectivity index (χ3n) is 5.00. The molecule has 1 atom stereocenters. The summed E-state index contributed by atoms with van der Waals surface area (Å²) < 4.78 is 0. The number of likely N-dealkylation sites (tertiary alicyclic amines) is 1. The minimum absolute atomic E-state index is 0.00630. The Hall–Kier alpha value is -2.10. The Morgan fingerprint density at radius 2 is 1.96 bits per heavy atom. The van der Waals surface area contributed by atoms with E-state index in [1.807, 2.05) is 42.2 Å². The predicted octanol–water partition coefficient (Wildman–Crippen LogP) is 4.03. The first-order valence-electron chi connectivity index (χ1n) is 9.92. The fourth-order valence-electron chi connectivity index (χ4n) is 3.36. The minimum atomic E-state index is -0.0793. The van der Waals surface area contributed by atoms with Crippen molar-refractivity contribution in [1.29, 1.82) is 0 Å². The molecule has 2 rings (SSSR count). The highest BCUT2D eigenvalue weighted by Crippen LogP contribution is 2.19. The van der Waals surface area contributed by atoms with E-state index in [1.54, 1.807) is 6.08 Å². The van der Waals surface area contributed by atoms with Crippen molar-refractivity contribution in [1.82, 2.24) is 10.2 Å². The van der Waals surface area contributed by atoms with Crippen LogP contribution in [-0.2, 0) is 9.59 Å². The molecule has 1 unspecified atom stereocenters. The molecule has 1 aromatic rings. The van der Waals surface area contributed by atoms with Crippen molar-refractivity contribution in [2.75, 3.05) is 19.6 Å². The van der Waals surface area contributed by atoms with E-state index in [4.69, 9.17) is 0 Å². The van der Waals surface area contributed by atoms with Crippen LogP contribution in [0.1, 0.15) is 57.9 Å². The maximum absolute atomic E-state index is 12.6. The van der Waals surface area contributed by atoms with Gasteiger partial charge in [-0.25, -0.2) is 0 Å². The van der Waals surface area contributed by atoms with Crippen molar-refractivity contribution < 1.29 is 9.59 Å². The highest BCUT2D eigenvalue weighted by molar-refractivity contribution is 5.95. The topological polar surface area (TPSA) is 49.4 Å². The number of rotatable bonds is 8. The van der Waals surface area contributed by atoms with Crippen LogP contribution in [0.5, 0.6) is 0 Å². The first kappa shape index (κ1) is 20.2. The van der Waals surface area contributed by atoms with Crippen LogP contribution in [-0.4, -0.2) is 36.3 Å². The lowest BCUT2D eigenvalue weighted by atomic mass is 9.96. The molecule has 0 bridgehead atoms. The summed E-state index contributed by atoms with van der Waals surface area (Å²) >= 11 is 0. The average molecular weight is 357 g/mol. The average Bonchev–Trinajstić information content (AvgIpc) is 2.68. The van der Waals surface area contributed by atoms with Crippen molar-refractivity contribution in [2.24, 2.45) is 5.92 Å². The van der Waals surface area contributed by atoms with Gasteiger partial charge < -0.3 is 10.2 Å². The summed E-state index contributed by atoms with van der Waals surface area (Å²) in [5.41, 5.74) is 2.01. The molecule has 142 valence electrons. The van der Waals surface area contributed by atoms with Gasteiger partial charge in [0.15, 0.2) is 0 Å². The Bertz CT molecular complexity index is 610. The van der Waals surface area contributed by atoms with Crippen LogP contribution in [0.2, 0.25) is 0 Å². The molecule has 2 amide bonds. The molecule has 4 heteroatoms. The van der Waals surface area contributed by atoms with Crippen molar-refractivity contribution in [2.45, 2.75) is 52.4 Å². The smallest absolute Gasteiger partial charge is 0.246 e. The highest BCUT2D eigenvalue weighted by atomic mass is 16.2. The largest absolute Gasteiger partial charge is 0.356 e. The van der Waals surface area contributed by atoms with Gasteiger partial charge in [-0.1, -0.05) is 56.5 Å². The van der Waals surface area contributed by atoms with Gasteiger partial charge in [-0.3, -0.25) is 9.59 Å². The quantitative estimate of drug-likeness (QED) is 0.565. The number of carbonyl (C=O) groups is 2. The fourth-order valence-corrected chi connectivity index (χ4v) is 3.36. The molecule has 26 heavy (non-hydrogen) atoms. The maximum atomic E-state index is 12.6. The van der Waals surface area contributed by atoms with Gasteiger partial charge in [0.1, 0.15) is 0 Å². The van der Waals surface area contributed by atoms with Gasteiger partial charge in [-0.05, 0) is 37.3 Å². The maximum Gasteiger partial charge on any atom is 0.246 e. The van der Waals surface area contributed by atoms with Gasteiger partial charge >= 0.3 is 0 Å². The fraction of sp³-hybridized carbons (Fsp3) is 0.545. The van der Waals surface area contributed by atoms with Crippen LogP contribution >= 0.6 is 0 Å². The second-order valence-corrected chi connectivity index (χ2v) is 7.17. The van der Waals surface area contributed by atoms with Gasteiger partial charge in [-0.2, -0.15) is 0 Å². The molecule has 1 fully saturated rings. The number of hydrogen-bond acceptors (Lipinski definition) is 2. The Morgan fingerprint density at radius 1 is 1.19 bits per heavy atom. The number of allylic oxidation sites excluding steroid dienone is 1. The van der Waals surface area contributed by atoms with E-state index in [-0.39, 0.29) is 17.7 Å². The third kappa shape index (κ3) is 6.32. The standard InChI is InChI=1S/C22H32N2O2/c1-3-4-5-9-14-23-22(26)20-13-10-15-24(17-20)21(25)16-18(2)19-11-7-6-8-12-19/h6-8,11-12,16,20H,3-5,9-10,13-15,17H2,1-2H3,(H,23,26)/b18-16-. The lowest BCUT2D eigenvalue weighted by molar-refractivity contribution is -0.132. The summed E-state index contributed by atoms with van der Waals surface area (Å²) in [6.45, 7) is 6.14. The van der Waals surface area contributed by atoms with E-state index in [0.29, 0.717) is 6.54 Å². The molecule has 0 aliphatic carbocycles. The first-order chi connectivity index (χ1) is 12.6. The van der Waals surface area contributed by atoms with Crippen LogP contribution in [0.25, 0.3) is 5.57 Å². The van der Waals surface area contributed by atoms with Crippen LogP contribution in [0, 0.1) is 5.92 Å². The molecule has 1 aliphatic heterocycles. The van der Waals surface area contributed by atoms with Gasteiger partial charge in [-0.15, -0.1) is 0 Å². The molecule has 1 aromatic carbocycles. The van der Waals surface area contributed by atoms with Crippen LogP contribution in [0.3, 0.4) is 0 Å². The summed E-state index contributed by atoms with van der Waals surface area (Å²) in [5.74, 6) is 0.0267. The second-order valence-electron chi connectivity index (χ2n) is 7.17. The van der Waals surface area contributed by atoms with E-state index in [1.165, 1.54) is 12.8 Å². The number of carbonyl (C=O) groups excluding carboxylic acids is 2. The van der Waals surface area contributed by atoms with Crippen molar-refractivity contribution in [3.8, 4) is 0 Å². The molecule has 1 N–H and O–H groups in total. The number of nitrogens with zero attached hydrogens (tertiary/aromatic N) is 1. The van der Waals surface area contributed by atoms with Crippen molar-refractivity contribution in [3.63, 3.8) is 0 Å². The molecule has 1 heterocycles. The van der Waals surface area contributed by atoms with E-state index in [0.717, 1.165) is 49.9 Å². The Kier molecular flexibility index (Phi) is 8.39. The van der Waals surface area contributed by atoms with Crippen LogP contribution < -0.4 is 5.32 Å². The summed E-state index contributed by atoms with van der Waals surface area (Å²) in [4.78, 5) is 26.8. The number of amides is 2. The summed E-state index contributed by atoms with van der Waals surface area (Å²) in [7, 11) is 0. The Labute approximate surface area is 157 Å². The Morgan fingerprint density at radius 3 is 2.69 bits per heavy atom. The van der Waals surface area contributed by atoms with Gasteiger partial charge in [0.05, 0.1) is 5.92 Å². The van der Waals surface area contributed by atoms with E-state index in [9.17, 15) is 9.59 Å². The molecule has 0 spiro atoms. The normalized spacial score (nSPS) is 17.8. The molecule has 0 saturated carbocycles. The SMILES string of the molecule is CCCCCCNC(=O)C1CCCN(C(=O)/C=C(/C)c2ccccc2)C1. The summed E-state index contributed by atoms with van der Waals surface area (Å²) in [6.07, 6.45) is 8.06. The minimum Gasteiger partial charge on any atom is -0.356 e. The van der Waals surface area contributed by atoms with E-state index >= 15 is 0 Å². The van der Waals surface area contributed by atoms with Gasteiger partial charge in [0.2, 0.25) is 11.8 Å². The van der Waals surface area contributed by atoms with E-state index in [2.05, 4.69) is 12.2 Å². The first-order valence-corrected chi connectivity index (χ1v) is 9.92. The number of benzene rings is 1. The molecule has 0 aromatic heterocycles. The molecule has 0 radical (unpaired) electrons. The summed E-state index contributed by atoms with van der Waals surface area (Å²) in [6, 6.07) is 9.92. The van der Waals surface area contributed by atoms with Gasteiger partial charge in [0.25, 0.3) is 0 Å². The zero-order valence-electron chi connectivity index (χ0n) is 16.2. The monoisotopic (exact) mass is 356 g/mol. The summed E-state index contributed by atoms with van der Waals surface area (Å²) in [5, 5.41) is 3.05. The lowest BCUT2D eigenvalue weighted by Gasteiger charge is -2.31. The zero-order chi connectivity index (χ0) is 18.8. The second kappa shape index (κ2) is 10.8. The number of unbranched alkanes of at least 4 members (excludes halogenated alkanes) is 3. The van der Waals surface area contributed by atoms with Crippen LogP contribution in [0.15, 0.2) is 36.4 Å². The molecule has 1 saturated heterocycles. The molecule has 4 nitrogen and oxygen atoms in total. The number of nitrogens with one attached hydrogen (secondary N) is 1. The van der Waals surface area contributed by atoms with E-state index < -0.39 is 0 Å². The van der Waals surface area contributed by atoms with Crippen molar-refractivity contribution >= 4 is 17.4 Å². The Balaban J connectivity index is 1.85. The van der Waals surface area contributed by atoms with Gasteiger partial charge in [0, 0.05) is 25.7 Å². The highest BCUT2D eigenvalue weighted by Gasteiger charge is 2.27. The van der Waals surface area contributed by atoms with Crippen LogP contribution in [0.4, 0.5) is 0 Å². The molecule has 1 aliphatic rings. The zero-order valence-corrected chi connectivity index (χ0v) is 16.2. The number of piperidine rings is 1. The lowest BCUT2D eigenvalue weighted by Crippen LogP contribution is -2.45. The molecular formula is C22H32N2O2. The molecular weight excluding hydrogens is 324 g/mol. The third-order valence-corrected chi connectivity index (χ3v) is 5.00. The number of hydrogen-bond donors (Lipinski definition) is 1. The van der Waals surface area contributed by atoms with Crippen molar-refractivity contribution in [3.05, 3.63) is 42.0 Å². The predicted molar refractivity (Wildman–Crippen MR) is 107 cm³/mol.